The zero-order valence-electron chi connectivity index (χ0n) is 19.8. The van der Waals surface area contributed by atoms with Crippen molar-refractivity contribution in [2.45, 2.75) is 66.8 Å². The Hall–Kier alpha value is -2.28. The van der Waals surface area contributed by atoms with E-state index in [-0.39, 0.29) is 0 Å². The Labute approximate surface area is 189 Å². The lowest BCUT2D eigenvalue weighted by Gasteiger charge is -2.27. The fourth-order valence-corrected chi connectivity index (χ4v) is 5.62. The summed E-state index contributed by atoms with van der Waals surface area (Å²) in [4.78, 5) is 4.26. The minimum absolute atomic E-state index is 0.536. The molecule has 0 radical (unpaired) electrons. The van der Waals surface area contributed by atoms with Gasteiger partial charge in [0.05, 0.1) is 0 Å². The van der Waals surface area contributed by atoms with Crippen molar-refractivity contribution in [2.24, 2.45) is 0 Å². The molecule has 0 amide bonds. The van der Waals surface area contributed by atoms with Crippen molar-refractivity contribution in [3.8, 4) is 0 Å². The van der Waals surface area contributed by atoms with Crippen LogP contribution in [0.3, 0.4) is 0 Å². The molecule has 32 heavy (non-hydrogen) atoms. The van der Waals surface area contributed by atoms with Gasteiger partial charge < -0.3 is 22.2 Å². The summed E-state index contributed by atoms with van der Waals surface area (Å²) in [5, 5.41) is 0. The fourth-order valence-electron chi connectivity index (χ4n) is 5.62. The van der Waals surface area contributed by atoms with Crippen molar-refractivity contribution >= 4 is 18.6 Å². The van der Waals surface area contributed by atoms with Crippen molar-refractivity contribution in [3.05, 3.63) is 69.4 Å². The number of hydrogen-bond acceptors (Lipinski definition) is 1. The zero-order valence-corrected chi connectivity index (χ0v) is 19.8. The van der Waals surface area contributed by atoms with Crippen molar-refractivity contribution in [3.63, 3.8) is 0 Å². The number of quaternary nitrogens is 1. The van der Waals surface area contributed by atoms with E-state index in [2.05, 4.69) is 76.8 Å². The lowest BCUT2D eigenvalue weighted by atomic mass is 9.96. The SMILES string of the molecule is Cc1cc(C)c(N2C[NH+](c3c(C)cc(C)cc3C)C3=CCCC[C@H]32)c(C)c1.F[B-](F)(F)F. The molecule has 2 atom stereocenters. The van der Waals surface area contributed by atoms with E-state index in [1.54, 1.807) is 10.6 Å². The fraction of sp³-hybridized carbons (Fsp3) is 0.440. The van der Waals surface area contributed by atoms with Gasteiger partial charge in [0, 0.05) is 16.8 Å². The van der Waals surface area contributed by atoms with Crippen LogP contribution in [0.25, 0.3) is 0 Å². The van der Waals surface area contributed by atoms with E-state index in [4.69, 9.17) is 0 Å². The van der Waals surface area contributed by atoms with E-state index in [1.807, 2.05) is 0 Å². The highest BCUT2D eigenvalue weighted by molar-refractivity contribution is 6.50. The molecule has 1 saturated heterocycles. The molecule has 2 aromatic rings. The Morgan fingerprint density at radius 2 is 1.28 bits per heavy atom. The Kier molecular flexibility index (Phi) is 7.08. The molecule has 4 rings (SSSR count). The maximum absolute atomic E-state index is 9.75. The monoisotopic (exact) mass is 448 g/mol. The van der Waals surface area contributed by atoms with E-state index in [0.717, 1.165) is 6.67 Å². The van der Waals surface area contributed by atoms with Crippen LogP contribution in [0.5, 0.6) is 0 Å². The third-order valence-electron chi connectivity index (χ3n) is 6.36. The van der Waals surface area contributed by atoms with Gasteiger partial charge in [0.25, 0.3) is 0 Å². The van der Waals surface area contributed by atoms with Crippen LogP contribution >= 0.6 is 0 Å². The summed E-state index contributed by atoms with van der Waals surface area (Å²) >= 11 is 0. The van der Waals surface area contributed by atoms with Crippen molar-refractivity contribution < 1.29 is 22.2 Å². The van der Waals surface area contributed by atoms with Crippen LogP contribution in [0.1, 0.15) is 52.6 Å². The molecule has 1 N–H and O–H groups in total. The van der Waals surface area contributed by atoms with Gasteiger partial charge >= 0.3 is 7.25 Å². The Morgan fingerprint density at radius 1 is 0.812 bits per heavy atom. The van der Waals surface area contributed by atoms with Crippen LogP contribution < -0.4 is 9.80 Å². The molecule has 1 aliphatic heterocycles. The van der Waals surface area contributed by atoms with Crippen molar-refractivity contribution in [2.75, 3.05) is 11.6 Å². The van der Waals surface area contributed by atoms with Crippen LogP contribution in [0.4, 0.5) is 28.6 Å². The van der Waals surface area contributed by atoms with Crippen LogP contribution in [0.15, 0.2) is 36.0 Å². The third-order valence-corrected chi connectivity index (χ3v) is 6.36. The van der Waals surface area contributed by atoms with Crippen LogP contribution in [-0.2, 0) is 0 Å². The van der Waals surface area contributed by atoms with Gasteiger partial charge in [-0.25, -0.2) is 0 Å². The molecule has 7 heteroatoms. The molecule has 0 bridgehead atoms. The highest BCUT2D eigenvalue weighted by Gasteiger charge is 2.43. The third kappa shape index (κ3) is 5.37. The number of anilines is 1. The van der Waals surface area contributed by atoms with Gasteiger partial charge in [0.2, 0.25) is 0 Å². The normalized spacial score (nSPS) is 20.4. The molecule has 1 fully saturated rings. The molecule has 1 heterocycles. The summed E-state index contributed by atoms with van der Waals surface area (Å²) in [7, 11) is -6.00. The quantitative estimate of drug-likeness (QED) is 0.421. The number of benzene rings is 2. The van der Waals surface area contributed by atoms with Gasteiger partial charge in [-0.3, -0.25) is 4.90 Å². The lowest BCUT2D eigenvalue weighted by molar-refractivity contribution is -0.779. The molecular weight excluding hydrogens is 415 g/mol. The van der Waals surface area contributed by atoms with E-state index in [9.17, 15) is 17.3 Å². The Bertz CT molecular complexity index is 977. The number of nitrogens with one attached hydrogen (secondary N) is 1. The molecule has 0 aromatic heterocycles. The largest absolute Gasteiger partial charge is 0.673 e. The molecule has 1 unspecified atom stereocenters. The Morgan fingerprint density at radius 3 is 1.78 bits per heavy atom. The Balaban J connectivity index is 0.000000523. The maximum Gasteiger partial charge on any atom is 0.673 e. The molecule has 2 aliphatic rings. The molecule has 1 aliphatic carbocycles. The molecule has 174 valence electrons. The maximum atomic E-state index is 9.75. The zero-order chi connectivity index (χ0) is 23.8. The van der Waals surface area contributed by atoms with E-state index < -0.39 is 7.25 Å². The predicted molar refractivity (Wildman–Crippen MR) is 125 cm³/mol. The molecule has 2 aromatic carbocycles. The summed E-state index contributed by atoms with van der Waals surface area (Å²) in [5.74, 6) is 0. The molecule has 2 nitrogen and oxygen atoms in total. The van der Waals surface area contributed by atoms with Crippen molar-refractivity contribution in [1.29, 1.82) is 0 Å². The van der Waals surface area contributed by atoms with Gasteiger partial charge in [-0.05, 0) is 78.0 Å². The van der Waals surface area contributed by atoms with Crippen LogP contribution in [0.2, 0.25) is 0 Å². The predicted octanol–water partition coefficient (Wildman–Crippen LogP) is 6.27. The first-order valence-corrected chi connectivity index (χ1v) is 11.2. The minimum Gasteiger partial charge on any atom is -0.418 e. The second-order valence-electron chi connectivity index (χ2n) is 9.23. The lowest BCUT2D eigenvalue weighted by Crippen LogP contribution is -3.04. The van der Waals surface area contributed by atoms with E-state index in [0.29, 0.717) is 6.04 Å². The molecule has 0 spiro atoms. The highest BCUT2D eigenvalue weighted by Crippen LogP contribution is 2.35. The first-order chi connectivity index (χ1) is 14.9. The first-order valence-electron chi connectivity index (χ1n) is 11.2. The summed E-state index contributed by atoms with van der Waals surface area (Å²) in [5.41, 5.74) is 12.9. The highest BCUT2D eigenvalue weighted by atomic mass is 19.5. The first kappa shape index (κ1) is 24.4. The number of rotatable bonds is 2. The van der Waals surface area contributed by atoms with Crippen LogP contribution in [-0.4, -0.2) is 20.0 Å². The van der Waals surface area contributed by atoms with Gasteiger partial charge in [-0.2, -0.15) is 0 Å². The number of halogens is 4. The van der Waals surface area contributed by atoms with E-state index >= 15 is 0 Å². The van der Waals surface area contributed by atoms with E-state index in [1.165, 1.54) is 64.0 Å². The van der Waals surface area contributed by atoms with Crippen LogP contribution in [0, 0.1) is 41.5 Å². The second kappa shape index (κ2) is 9.30. The van der Waals surface area contributed by atoms with Crippen molar-refractivity contribution in [1.82, 2.24) is 0 Å². The summed E-state index contributed by atoms with van der Waals surface area (Å²) in [6.07, 6.45) is 6.32. The van der Waals surface area contributed by atoms with Gasteiger partial charge in [0.1, 0.15) is 17.4 Å². The average molecular weight is 448 g/mol. The summed E-state index contributed by atoms with van der Waals surface area (Å²) < 4.78 is 39.0. The molecular formula is C25H33BF4N2. The minimum atomic E-state index is -6.00. The number of aryl methyl sites for hydroxylation is 6. The topological polar surface area (TPSA) is 7.68 Å². The summed E-state index contributed by atoms with van der Waals surface area (Å²) in [6.45, 7) is 14.6. The standard InChI is InChI=1S/C25H32N2.BF4/c1-16-11-18(3)24(19(4)12-16)26-15-27(23-10-8-7-9-22(23)26)25-20(5)13-17(2)14-21(25)6;2-1(3,4)5/h9,11-14,23H,7-8,10,15H2,1-6H3;/q;-1/p+1/t23-;/m1./s1. The number of allylic oxidation sites excluding steroid dienone is 1. The van der Waals surface area contributed by atoms with Gasteiger partial charge in [-0.15, -0.1) is 0 Å². The number of hydrogen-bond donors (Lipinski definition) is 1. The smallest absolute Gasteiger partial charge is 0.418 e. The number of nitrogens with zero attached hydrogens (tertiary/aromatic N) is 1. The second-order valence-corrected chi connectivity index (χ2v) is 9.23. The van der Waals surface area contributed by atoms with Gasteiger partial charge in [0.15, 0.2) is 6.67 Å². The number of fused-ring (bicyclic) bond motifs is 1. The molecule has 0 saturated carbocycles. The van der Waals surface area contributed by atoms with Gasteiger partial charge in [-0.1, -0.05) is 35.4 Å². The average Bonchev–Trinajstić information content (AvgIpc) is 2.98. The summed E-state index contributed by atoms with van der Waals surface area (Å²) in [6, 6.07) is 9.91.